The molecule has 1 aliphatic heterocycles. The average molecular weight is 418 g/mol. The van der Waals surface area contributed by atoms with Gasteiger partial charge in [-0.2, -0.15) is 0 Å². The van der Waals surface area contributed by atoms with Gasteiger partial charge in [0.1, 0.15) is 11.4 Å². The number of hydrogen-bond donors (Lipinski definition) is 1. The fourth-order valence-electron chi connectivity index (χ4n) is 4.24. The van der Waals surface area contributed by atoms with E-state index in [0.29, 0.717) is 31.1 Å². The molecule has 0 aromatic heterocycles. The molecule has 1 fully saturated rings. The summed E-state index contributed by atoms with van der Waals surface area (Å²) in [6.07, 6.45) is 1.49. The number of nitrogens with zero attached hydrogens (tertiary/aromatic N) is 1. The summed E-state index contributed by atoms with van der Waals surface area (Å²) >= 11 is 0. The van der Waals surface area contributed by atoms with Crippen LogP contribution in [0.25, 0.3) is 0 Å². The lowest BCUT2D eigenvalue weighted by molar-refractivity contribution is -0.148. The Kier molecular flexibility index (Phi) is 6.16. The van der Waals surface area contributed by atoms with Crippen LogP contribution in [0.1, 0.15) is 36.9 Å². The third-order valence-electron chi connectivity index (χ3n) is 5.80. The number of anilines is 2. The summed E-state index contributed by atoms with van der Waals surface area (Å²) in [5.74, 6) is -0.531. The Bertz CT molecular complexity index is 1060. The first kappa shape index (κ1) is 20.8. The Labute approximate surface area is 181 Å². The van der Waals surface area contributed by atoms with Crippen molar-refractivity contribution in [3.63, 3.8) is 0 Å². The van der Waals surface area contributed by atoms with Gasteiger partial charge in [-0.05, 0) is 30.9 Å². The highest BCUT2D eigenvalue weighted by molar-refractivity contribution is 5.78. The predicted molar refractivity (Wildman–Crippen MR) is 121 cm³/mol. The van der Waals surface area contributed by atoms with Crippen molar-refractivity contribution in [1.82, 2.24) is 0 Å². The van der Waals surface area contributed by atoms with Crippen LogP contribution in [-0.4, -0.2) is 25.7 Å². The van der Waals surface area contributed by atoms with Crippen molar-refractivity contribution < 1.29 is 9.53 Å². The van der Waals surface area contributed by atoms with Crippen LogP contribution in [0.15, 0.2) is 70.3 Å². The zero-order chi connectivity index (χ0) is 21.8. The first-order valence-electron chi connectivity index (χ1n) is 10.7. The summed E-state index contributed by atoms with van der Waals surface area (Å²) in [5.41, 5.74) is 1.70. The van der Waals surface area contributed by atoms with E-state index in [1.165, 1.54) is 0 Å². The lowest BCUT2D eigenvalue weighted by Crippen LogP contribution is -2.48. The summed E-state index contributed by atoms with van der Waals surface area (Å²) in [4.78, 5) is 39.1. The fraction of sp³-hybridized carbons (Fsp3) is 0.320. The van der Waals surface area contributed by atoms with Gasteiger partial charge in [0.2, 0.25) is 0 Å². The smallest absolute Gasteiger partial charge is 0.310 e. The van der Waals surface area contributed by atoms with E-state index >= 15 is 0 Å². The van der Waals surface area contributed by atoms with Crippen LogP contribution in [0, 0.1) is 5.92 Å². The predicted octanol–water partition coefficient (Wildman–Crippen LogP) is 3.26. The molecule has 6 nitrogen and oxygen atoms in total. The molecule has 6 heteroatoms. The van der Waals surface area contributed by atoms with Gasteiger partial charge in [0.05, 0.1) is 18.6 Å². The molecule has 31 heavy (non-hydrogen) atoms. The summed E-state index contributed by atoms with van der Waals surface area (Å²) in [6.45, 7) is 3.14. The van der Waals surface area contributed by atoms with Crippen LogP contribution >= 0.6 is 0 Å². The van der Waals surface area contributed by atoms with Gasteiger partial charge in [-0.25, -0.2) is 0 Å². The molecule has 0 aliphatic carbocycles. The van der Waals surface area contributed by atoms with Crippen molar-refractivity contribution in [2.75, 3.05) is 29.9 Å². The summed E-state index contributed by atoms with van der Waals surface area (Å²) < 4.78 is 5.17. The number of nitrogens with one attached hydrogen (secondary N) is 1. The maximum Gasteiger partial charge on any atom is 0.310 e. The Balaban J connectivity index is 1.63. The number of benzene rings is 2. The highest BCUT2D eigenvalue weighted by atomic mass is 16.5. The molecule has 0 saturated carbocycles. The second kappa shape index (κ2) is 9.16. The second-order valence-corrected chi connectivity index (χ2v) is 7.82. The molecule has 1 saturated heterocycles. The number of rotatable bonds is 7. The van der Waals surface area contributed by atoms with E-state index < -0.39 is 10.9 Å². The van der Waals surface area contributed by atoms with Gasteiger partial charge in [-0.3, -0.25) is 14.4 Å². The molecule has 1 aliphatic rings. The molecule has 3 aromatic carbocycles. The number of hydrogen-bond acceptors (Lipinski definition) is 6. The Hall–Kier alpha value is -3.41. The molecule has 0 spiro atoms. The maximum atomic E-state index is 12.5. The van der Waals surface area contributed by atoms with Gasteiger partial charge in [-0.15, -0.1) is 0 Å². The molecule has 0 amide bonds. The van der Waals surface area contributed by atoms with E-state index in [2.05, 4.69) is 5.32 Å². The van der Waals surface area contributed by atoms with Crippen molar-refractivity contribution >= 4 is 17.3 Å². The van der Waals surface area contributed by atoms with Crippen molar-refractivity contribution in [2.45, 2.75) is 25.8 Å². The minimum absolute atomic E-state index is 0.244. The standard InChI is InChI=1S/C25H26N2O4/c1-2-31-25(30)19-14-9-15-27(16-19)22-21(23(28)24(22)29)26-20(17-10-5-3-6-11-17)18-12-7-4-8-13-18/h3-8,10-13,19-20,26H,2,9,14-16H2,1H3. The lowest BCUT2D eigenvalue weighted by atomic mass is 9.95. The quantitative estimate of drug-likeness (QED) is 0.469. The lowest BCUT2D eigenvalue weighted by Gasteiger charge is -2.35. The van der Waals surface area contributed by atoms with E-state index in [4.69, 9.17) is 4.74 Å². The van der Waals surface area contributed by atoms with Crippen LogP contribution in [0.3, 0.4) is 0 Å². The van der Waals surface area contributed by atoms with Crippen LogP contribution in [0.5, 0.6) is 0 Å². The van der Waals surface area contributed by atoms with E-state index in [1.807, 2.05) is 65.6 Å². The first-order chi connectivity index (χ1) is 15.1. The van der Waals surface area contributed by atoms with E-state index in [9.17, 15) is 14.4 Å². The van der Waals surface area contributed by atoms with Gasteiger partial charge in [0.15, 0.2) is 0 Å². The third-order valence-corrected chi connectivity index (χ3v) is 5.80. The Morgan fingerprint density at radius 1 is 1.03 bits per heavy atom. The van der Waals surface area contributed by atoms with E-state index in [-0.39, 0.29) is 17.9 Å². The molecule has 160 valence electrons. The van der Waals surface area contributed by atoms with Crippen LogP contribution in [-0.2, 0) is 9.53 Å². The van der Waals surface area contributed by atoms with Gasteiger partial charge in [-0.1, -0.05) is 60.7 Å². The molecule has 0 radical (unpaired) electrons. The van der Waals surface area contributed by atoms with Gasteiger partial charge in [0.25, 0.3) is 10.9 Å². The van der Waals surface area contributed by atoms with Crippen molar-refractivity contribution in [3.8, 4) is 0 Å². The van der Waals surface area contributed by atoms with Crippen molar-refractivity contribution in [2.24, 2.45) is 5.92 Å². The minimum Gasteiger partial charge on any atom is -0.466 e. The van der Waals surface area contributed by atoms with Crippen molar-refractivity contribution in [1.29, 1.82) is 0 Å². The zero-order valence-corrected chi connectivity index (χ0v) is 17.5. The molecular formula is C25H26N2O4. The van der Waals surface area contributed by atoms with E-state index in [0.717, 1.165) is 24.0 Å². The number of piperidine rings is 1. The van der Waals surface area contributed by atoms with Gasteiger partial charge in [0, 0.05) is 13.1 Å². The highest BCUT2D eigenvalue weighted by Gasteiger charge is 2.34. The van der Waals surface area contributed by atoms with Gasteiger partial charge >= 0.3 is 5.97 Å². The van der Waals surface area contributed by atoms with Crippen LogP contribution in [0.2, 0.25) is 0 Å². The van der Waals surface area contributed by atoms with Crippen LogP contribution in [0.4, 0.5) is 11.4 Å². The molecular weight excluding hydrogens is 392 g/mol. The number of ether oxygens (including phenoxy) is 1. The number of carbonyl (C=O) groups is 1. The normalized spacial score (nSPS) is 16.5. The SMILES string of the molecule is CCOC(=O)C1CCCN(c2c(NC(c3ccccc3)c3ccccc3)c(=O)c2=O)C1. The average Bonchev–Trinajstić information content (AvgIpc) is 2.82. The number of carbonyl (C=O) groups excluding carboxylic acids is 1. The summed E-state index contributed by atoms with van der Waals surface area (Å²) in [6, 6.07) is 19.4. The third kappa shape index (κ3) is 4.24. The molecule has 0 bridgehead atoms. The molecule has 1 unspecified atom stereocenters. The highest BCUT2D eigenvalue weighted by Crippen LogP contribution is 2.32. The molecule has 4 rings (SSSR count). The van der Waals surface area contributed by atoms with Crippen molar-refractivity contribution in [3.05, 3.63) is 92.2 Å². The molecule has 1 heterocycles. The zero-order valence-electron chi connectivity index (χ0n) is 17.5. The minimum atomic E-state index is -0.509. The fourth-order valence-corrected chi connectivity index (χ4v) is 4.24. The monoisotopic (exact) mass is 418 g/mol. The van der Waals surface area contributed by atoms with Gasteiger partial charge < -0.3 is 15.0 Å². The first-order valence-corrected chi connectivity index (χ1v) is 10.7. The topological polar surface area (TPSA) is 75.7 Å². The molecule has 1 N–H and O–H groups in total. The Morgan fingerprint density at radius 3 is 2.23 bits per heavy atom. The largest absolute Gasteiger partial charge is 0.466 e. The second-order valence-electron chi connectivity index (χ2n) is 7.82. The number of esters is 1. The molecule has 1 atom stereocenters. The van der Waals surface area contributed by atoms with Crippen LogP contribution < -0.4 is 21.1 Å². The summed E-state index contributed by atoms with van der Waals surface area (Å²) in [7, 11) is 0. The molecule has 3 aromatic rings. The van der Waals surface area contributed by atoms with E-state index in [1.54, 1.807) is 6.92 Å². The Morgan fingerprint density at radius 2 is 1.65 bits per heavy atom. The maximum absolute atomic E-state index is 12.5. The summed E-state index contributed by atoms with van der Waals surface area (Å²) in [5, 5.41) is 3.33.